The molecule has 0 aliphatic carbocycles. The van der Waals surface area contributed by atoms with Crippen LogP contribution in [0.1, 0.15) is 43.7 Å². The molecule has 2 aromatic heterocycles. The van der Waals surface area contributed by atoms with Gasteiger partial charge in [0.05, 0.1) is 5.38 Å². The molecule has 0 bridgehead atoms. The third-order valence-corrected chi connectivity index (χ3v) is 2.90. The van der Waals surface area contributed by atoms with Gasteiger partial charge in [0.25, 0.3) is 5.89 Å². The van der Waals surface area contributed by atoms with Crippen molar-refractivity contribution in [1.29, 1.82) is 0 Å². The van der Waals surface area contributed by atoms with Gasteiger partial charge < -0.3 is 8.94 Å². The summed E-state index contributed by atoms with van der Waals surface area (Å²) in [7, 11) is 0. The summed E-state index contributed by atoms with van der Waals surface area (Å²) in [6, 6.07) is 3.74. The number of alkyl halides is 1. The fourth-order valence-electron chi connectivity index (χ4n) is 1.53. The highest BCUT2D eigenvalue weighted by molar-refractivity contribution is 6.20. The molecule has 1 unspecified atom stereocenters. The van der Waals surface area contributed by atoms with Gasteiger partial charge in [-0.25, -0.2) is 0 Å². The Hall–Kier alpha value is -1.29. The molecule has 0 aromatic carbocycles. The van der Waals surface area contributed by atoms with Crippen LogP contribution >= 0.6 is 11.6 Å². The van der Waals surface area contributed by atoms with E-state index in [9.17, 15) is 0 Å². The van der Waals surface area contributed by atoms with Crippen LogP contribution in [0.5, 0.6) is 0 Å². The first-order valence-electron chi connectivity index (χ1n) is 5.81. The predicted octanol–water partition coefficient (Wildman–Crippen LogP) is 3.97. The van der Waals surface area contributed by atoms with Crippen LogP contribution in [0.3, 0.4) is 0 Å². The number of furan rings is 1. The van der Waals surface area contributed by atoms with E-state index < -0.39 is 0 Å². The lowest BCUT2D eigenvalue weighted by atomic mass is 10.2. The van der Waals surface area contributed by atoms with Crippen molar-refractivity contribution >= 4 is 11.6 Å². The Labute approximate surface area is 105 Å². The Morgan fingerprint density at radius 3 is 2.82 bits per heavy atom. The normalized spacial score (nSPS) is 12.9. The first-order valence-corrected chi connectivity index (χ1v) is 6.25. The van der Waals surface area contributed by atoms with E-state index in [1.807, 2.05) is 19.1 Å². The molecule has 92 valence electrons. The van der Waals surface area contributed by atoms with Crippen molar-refractivity contribution in [2.45, 2.75) is 38.5 Å². The standard InChI is InChI=1S/C12H15ClN2O2/c1-3-5-9(13)11-14-12(17-15-11)10-7-6-8(4-2)16-10/h6-7,9H,3-5H2,1-2H3. The number of hydrogen-bond donors (Lipinski definition) is 0. The molecule has 0 spiro atoms. The summed E-state index contributed by atoms with van der Waals surface area (Å²) in [6.45, 7) is 4.09. The first-order chi connectivity index (χ1) is 8.24. The molecule has 0 N–H and O–H groups in total. The van der Waals surface area contributed by atoms with Crippen LogP contribution < -0.4 is 0 Å². The second-order valence-corrected chi connectivity index (χ2v) is 4.36. The predicted molar refractivity (Wildman–Crippen MR) is 64.9 cm³/mol. The fourth-order valence-corrected chi connectivity index (χ4v) is 1.83. The van der Waals surface area contributed by atoms with Crippen LogP contribution in [-0.4, -0.2) is 10.1 Å². The molecule has 4 nitrogen and oxygen atoms in total. The molecule has 2 heterocycles. The number of halogens is 1. The van der Waals surface area contributed by atoms with E-state index in [4.69, 9.17) is 20.5 Å². The molecular weight excluding hydrogens is 240 g/mol. The molecule has 0 saturated heterocycles. The lowest BCUT2D eigenvalue weighted by Crippen LogP contribution is -1.92. The third-order valence-electron chi connectivity index (χ3n) is 2.48. The van der Waals surface area contributed by atoms with Crippen LogP contribution in [0.25, 0.3) is 11.7 Å². The SMILES string of the molecule is CCCC(Cl)c1noc(-c2ccc(CC)o2)n1. The molecule has 2 rings (SSSR count). The van der Waals surface area contributed by atoms with Crippen LogP contribution in [0.2, 0.25) is 0 Å². The molecule has 17 heavy (non-hydrogen) atoms. The summed E-state index contributed by atoms with van der Waals surface area (Å²) in [5.74, 6) is 2.41. The van der Waals surface area contributed by atoms with E-state index in [1.165, 1.54) is 0 Å². The maximum absolute atomic E-state index is 6.12. The van der Waals surface area contributed by atoms with Crippen molar-refractivity contribution in [3.8, 4) is 11.7 Å². The van der Waals surface area contributed by atoms with E-state index in [0.29, 0.717) is 17.5 Å². The third kappa shape index (κ3) is 2.69. The van der Waals surface area contributed by atoms with Crippen molar-refractivity contribution in [2.24, 2.45) is 0 Å². The number of aromatic nitrogens is 2. The van der Waals surface area contributed by atoms with Gasteiger partial charge in [0.1, 0.15) is 5.76 Å². The van der Waals surface area contributed by atoms with E-state index in [-0.39, 0.29) is 5.38 Å². The molecule has 2 aromatic rings. The zero-order chi connectivity index (χ0) is 12.3. The first kappa shape index (κ1) is 12.2. The van der Waals surface area contributed by atoms with Gasteiger partial charge in [0, 0.05) is 6.42 Å². The topological polar surface area (TPSA) is 52.1 Å². The summed E-state index contributed by atoms with van der Waals surface area (Å²) in [6.07, 6.45) is 2.66. The van der Waals surface area contributed by atoms with Crippen molar-refractivity contribution in [3.63, 3.8) is 0 Å². The maximum atomic E-state index is 6.12. The van der Waals surface area contributed by atoms with Gasteiger partial charge in [0.2, 0.25) is 0 Å². The zero-order valence-corrected chi connectivity index (χ0v) is 10.7. The van der Waals surface area contributed by atoms with Gasteiger partial charge in [-0.15, -0.1) is 11.6 Å². The summed E-state index contributed by atoms with van der Waals surface area (Å²) in [4.78, 5) is 4.24. The molecule has 0 aliphatic rings. The molecule has 0 aliphatic heterocycles. The Kier molecular flexibility index (Phi) is 3.84. The minimum Gasteiger partial charge on any atom is -0.456 e. The number of aryl methyl sites for hydroxylation is 1. The summed E-state index contributed by atoms with van der Waals surface area (Å²) < 4.78 is 10.7. The van der Waals surface area contributed by atoms with Crippen LogP contribution in [0.15, 0.2) is 21.1 Å². The quantitative estimate of drug-likeness (QED) is 0.758. The minimum atomic E-state index is -0.196. The van der Waals surface area contributed by atoms with Gasteiger partial charge in [-0.3, -0.25) is 0 Å². The number of hydrogen-bond acceptors (Lipinski definition) is 4. The van der Waals surface area contributed by atoms with E-state index in [2.05, 4.69) is 17.1 Å². The second kappa shape index (κ2) is 5.36. The van der Waals surface area contributed by atoms with Gasteiger partial charge >= 0.3 is 0 Å². The van der Waals surface area contributed by atoms with Crippen molar-refractivity contribution < 1.29 is 8.94 Å². The van der Waals surface area contributed by atoms with Gasteiger partial charge in [-0.1, -0.05) is 25.4 Å². The van der Waals surface area contributed by atoms with Gasteiger partial charge in [0.15, 0.2) is 11.6 Å². The molecular formula is C12H15ClN2O2. The Bertz CT molecular complexity index is 478. The minimum absolute atomic E-state index is 0.196. The monoisotopic (exact) mass is 254 g/mol. The van der Waals surface area contributed by atoms with Crippen molar-refractivity contribution in [1.82, 2.24) is 10.1 Å². The molecule has 0 saturated carbocycles. The second-order valence-electron chi connectivity index (χ2n) is 3.83. The molecule has 0 amide bonds. The average Bonchev–Trinajstić information content (AvgIpc) is 2.98. The lowest BCUT2D eigenvalue weighted by molar-refractivity contribution is 0.404. The number of rotatable bonds is 5. The van der Waals surface area contributed by atoms with E-state index in [0.717, 1.165) is 25.0 Å². The molecule has 0 radical (unpaired) electrons. The Morgan fingerprint density at radius 1 is 1.35 bits per heavy atom. The highest BCUT2D eigenvalue weighted by Crippen LogP contribution is 2.26. The summed E-state index contributed by atoms with van der Waals surface area (Å²) in [5.41, 5.74) is 0. The fraction of sp³-hybridized carbons (Fsp3) is 0.500. The average molecular weight is 255 g/mol. The number of nitrogens with zero attached hydrogens (tertiary/aromatic N) is 2. The lowest BCUT2D eigenvalue weighted by Gasteiger charge is -1.99. The molecule has 0 fully saturated rings. The van der Waals surface area contributed by atoms with Crippen LogP contribution in [0, 0.1) is 0 Å². The summed E-state index contributed by atoms with van der Waals surface area (Å²) >= 11 is 6.12. The van der Waals surface area contributed by atoms with Crippen LogP contribution in [0.4, 0.5) is 0 Å². The van der Waals surface area contributed by atoms with E-state index >= 15 is 0 Å². The van der Waals surface area contributed by atoms with Crippen LogP contribution in [-0.2, 0) is 6.42 Å². The van der Waals surface area contributed by atoms with Crippen molar-refractivity contribution in [3.05, 3.63) is 23.7 Å². The van der Waals surface area contributed by atoms with E-state index in [1.54, 1.807) is 0 Å². The van der Waals surface area contributed by atoms with Crippen molar-refractivity contribution in [2.75, 3.05) is 0 Å². The largest absolute Gasteiger partial charge is 0.456 e. The highest BCUT2D eigenvalue weighted by atomic mass is 35.5. The Morgan fingerprint density at radius 2 is 2.18 bits per heavy atom. The maximum Gasteiger partial charge on any atom is 0.293 e. The zero-order valence-electron chi connectivity index (χ0n) is 9.94. The Balaban J connectivity index is 2.17. The molecule has 5 heteroatoms. The molecule has 1 atom stereocenters. The smallest absolute Gasteiger partial charge is 0.293 e. The van der Waals surface area contributed by atoms with Gasteiger partial charge in [-0.2, -0.15) is 4.98 Å². The van der Waals surface area contributed by atoms with Gasteiger partial charge in [-0.05, 0) is 18.6 Å². The summed E-state index contributed by atoms with van der Waals surface area (Å²) in [5, 5.41) is 3.67. The highest BCUT2D eigenvalue weighted by Gasteiger charge is 2.17.